The van der Waals surface area contributed by atoms with E-state index in [2.05, 4.69) is 19.9 Å². The van der Waals surface area contributed by atoms with E-state index in [9.17, 15) is 10.1 Å². The number of hydrogen-bond donors (Lipinski definition) is 0. The normalized spacial score (nSPS) is 33.7. The summed E-state index contributed by atoms with van der Waals surface area (Å²) < 4.78 is 6.02. The zero-order valence-electron chi connectivity index (χ0n) is 23.2. The van der Waals surface area contributed by atoms with Gasteiger partial charge in [0.1, 0.15) is 6.10 Å². The van der Waals surface area contributed by atoms with Gasteiger partial charge in [-0.15, -0.1) is 0 Å². The Labute approximate surface area is 217 Å². The molecule has 0 aliphatic heterocycles. The van der Waals surface area contributed by atoms with Crippen molar-refractivity contribution in [3.63, 3.8) is 0 Å². The van der Waals surface area contributed by atoms with Gasteiger partial charge < -0.3 is 4.74 Å². The fourth-order valence-corrected chi connectivity index (χ4v) is 7.46. The van der Waals surface area contributed by atoms with Crippen LogP contribution in [-0.2, 0) is 9.53 Å². The van der Waals surface area contributed by atoms with Crippen molar-refractivity contribution in [1.82, 2.24) is 0 Å². The minimum Gasteiger partial charge on any atom is -0.462 e. The van der Waals surface area contributed by atoms with E-state index in [4.69, 9.17) is 4.74 Å². The molecule has 0 unspecified atom stereocenters. The molecule has 0 spiro atoms. The van der Waals surface area contributed by atoms with Gasteiger partial charge in [0.25, 0.3) is 0 Å². The standard InChI is InChI=1S/C32H55NO2/c1-3-5-7-8-10-22-32(25-33)23-20-30(21-24-32)35-31(34)29-18-16-28(17-19-29)27-14-12-26(13-15-27)11-9-6-4-2/h26-30H,3-24H2,1-2H3/t26-,27-,28-,29-,30?,32?. The Morgan fingerprint density at radius 3 is 1.94 bits per heavy atom. The van der Waals surface area contributed by atoms with Crippen molar-refractivity contribution in [2.24, 2.45) is 29.1 Å². The predicted molar refractivity (Wildman–Crippen MR) is 145 cm³/mol. The quantitative estimate of drug-likeness (QED) is 0.193. The second kappa shape index (κ2) is 15.3. The molecule has 3 fully saturated rings. The van der Waals surface area contributed by atoms with Gasteiger partial charge in [0, 0.05) is 0 Å². The first-order chi connectivity index (χ1) is 17.1. The lowest BCUT2D eigenvalue weighted by Crippen LogP contribution is -2.34. The van der Waals surface area contributed by atoms with E-state index in [1.165, 1.54) is 96.3 Å². The van der Waals surface area contributed by atoms with Crippen molar-refractivity contribution in [2.75, 3.05) is 0 Å². The lowest BCUT2D eigenvalue weighted by Gasteiger charge is -2.38. The summed E-state index contributed by atoms with van der Waals surface area (Å²) in [6.07, 6.45) is 26.8. The monoisotopic (exact) mass is 485 g/mol. The molecule has 3 aliphatic rings. The molecule has 0 bridgehead atoms. The minimum absolute atomic E-state index is 0.0461. The molecule has 200 valence electrons. The van der Waals surface area contributed by atoms with Crippen LogP contribution in [0, 0.1) is 40.4 Å². The molecule has 0 saturated heterocycles. The third kappa shape index (κ3) is 9.09. The first-order valence-corrected chi connectivity index (χ1v) is 15.7. The summed E-state index contributed by atoms with van der Waals surface area (Å²) in [5.41, 5.74) is -0.164. The molecule has 0 radical (unpaired) electrons. The summed E-state index contributed by atoms with van der Waals surface area (Å²) in [4.78, 5) is 12.9. The zero-order valence-corrected chi connectivity index (χ0v) is 23.2. The van der Waals surface area contributed by atoms with Crippen LogP contribution in [0.2, 0.25) is 0 Å². The number of carbonyl (C=O) groups is 1. The van der Waals surface area contributed by atoms with E-state index in [1.807, 2.05) is 0 Å². The second-order valence-corrected chi connectivity index (χ2v) is 12.6. The van der Waals surface area contributed by atoms with Gasteiger partial charge in [-0.1, -0.05) is 84.5 Å². The number of nitrogens with zero attached hydrogens (tertiary/aromatic N) is 1. The van der Waals surface area contributed by atoms with Gasteiger partial charge in [-0.25, -0.2) is 0 Å². The summed E-state index contributed by atoms with van der Waals surface area (Å²) in [6.45, 7) is 4.54. The second-order valence-electron chi connectivity index (χ2n) is 12.6. The number of hydrogen-bond acceptors (Lipinski definition) is 3. The summed E-state index contributed by atoms with van der Waals surface area (Å²) in [5.74, 6) is 2.93. The van der Waals surface area contributed by atoms with Crippen molar-refractivity contribution >= 4 is 5.97 Å². The van der Waals surface area contributed by atoms with Crippen LogP contribution in [0.1, 0.15) is 155 Å². The smallest absolute Gasteiger partial charge is 0.309 e. The third-order valence-corrected chi connectivity index (χ3v) is 10.0. The summed E-state index contributed by atoms with van der Waals surface area (Å²) in [5, 5.41) is 9.85. The highest BCUT2D eigenvalue weighted by atomic mass is 16.5. The predicted octanol–water partition coefficient (Wildman–Crippen LogP) is 9.54. The van der Waals surface area contributed by atoms with Crippen molar-refractivity contribution < 1.29 is 9.53 Å². The van der Waals surface area contributed by atoms with E-state index in [0.717, 1.165) is 62.7 Å². The maximum atomic E-state index is 12.9. The molecular formula is C32H55NO2. The molecule has 35 heavy (non-hydrogen) atoms. The van der Waals surface area contributed by atoms with Gasteiger partial charge >= 0.3 is 5.97 Å². The Kier molecular flexibility index (Phi) is 12.4. The number of esters is 1. The van der Waals surface area contributed by atoms with Crippen LogP contribution in [0.5, 0.6) is 0 Å². The highest BCUT2D eigenvalue weighted by molar-refractivity contribution is 5.72. The number of nitriles is 1. The van der Waals surface area contributed by atoms with E-state index in [0.29, 0.717) is 0 Å². The number of carbonyl (C=O) groups excluding carboxylic acids is 1. The largest absolute Gasteiger partial charge is 0.462 e. The van der Waals surface area contributed by atoms with E-state index >= 15 is 0 Å². The Hall–Kier alpha value is -1.04. The highest BCUT2D eigenvalue weighted by Crippen LogP contribution is 2.44. The average molecular weight is 486 g/mol. The summed E-state index contributed by atoms with van der Waals surface area (Å²) in [7, 11) is 0. The summed E-state index contributed by atoms with van der Waals surface area (Å²) in [6, 6.07) is 2.66. The molecule has 0 aromatic carbocycles. The highest BCUT2D eigenvalue weighted by Gasteiger charge is 2.38. The van der Waals surface area contributed by atoms with Crippen LogP contribution in [-0.4, -0.2) is 12.1 Å². The van der Waals surface area contributed by atoms with E-state index in [1.54, 1.807) is 0 Å². The molecule has 0 heterocycles. The average Bonchev–Trinajstić information content (AvgIpc) is 2.90. The number of unbranched alkanes of at least 4 members (excludes halogenated alkanes) is 6. The minimum atomic E-state index is -0.164. The van der Waals surface area contributed by atoms with Crippen LogP contribution in [0.3, 0.4) is 0 Å². The van der Waals surface area contributed by atoms with Gasteiger partial charge in [-0.3, -0.25) is 4.79 Å². The van der Waals surface area contributed by atoms with Crippen LogP contribution in [0.4, 0.5) is 0 Å². The molecule has 0 atom stereocenters. The maximum absolute atomic E-state index is 12.9. The van der Waals surface area contributed by atoms with Gasteiger partial charge in [0.05, 0.1) is 17.4 Å². The van der Waals surface area contributed by atoms with Crippen LogP contribution >= 0.6 is 0 Å². The Morgan fingerprint density at radius 1 is 0.771 bits per heavy atom. The molecule has 3 saturated carbocycles. The maximum Gasteiger partial charge on any atom is 0.309 e. The van der Waals surface area contributed by atoms with Crippen molar-refractivity contribution in [3.8, 4) is 6.07 Å². The molecule has 3 nitrogen and oxygen atoms in total. The molecule has 0 amide bonds. The van der Waals surface area contributed by atoms with Gasteiger partial charge in [0.15, 0.2) is 0 Å². The lowest BCUT2D eigenvalue weighted by molar-refractivity contribution is -0.158. The van der Waals surface area contributed by atoms with Gasteiger partial charge in [-0.05, 0) is 88.4 Å². The Morgan fingerprint density at radius 2 is 1.34 bits per heavy atom. The van der Waals surface area contributed by atoms with E-state index in [-0.39, 0.29) is 23.4 Å². The Bertz CT molecular complexity index is 628. The third-order valence-electron chi connectivity index (χ3n) is 10.0. The van der Waals surface area contributed by atoms with Crippen LogP contribution in [0.25, 0.3) is 0 Å². The van der Waals surface area contributed by atoms with Crippen molar-refractivity contribution in [1.29, 1.82) is 5.26 Å². The van der Waals surface area contributed by atoms with Gasteiger partial charge in [-0.2, -0.15) is 5.26 Å². The van der Waals surface area contributed by atoms with E-state index < -0.39 is 0 Å². The molecule has 3 rings (SSSR count). The lowest BCUT2D eigenvalue weighted by atomic mass is 9.68. The number of rotatable bonds is 13. The fraction of sp³-hybridized carbons (Fsp3) is 0.938. The van der Waals surface area contributed by atoms with Gasteiger partial charge in [0.2, 0.25) is 0 Å². The Balaban J connectivity index is 1.31. The molecule has 3 aliphatic carbocycles. The van der Waals surface area contributed by atoms with Crippen molar-refractivity contribution in [2.45, 2.75) is 161 Å². The van der Waals surface area contributed by atoms with Crippen LogP contribution in [0.15, 0.2) is 0 Å². The first-order valence-electron chi connectivity index (χ1n) is 15.7. The SMILES string of the molecule is CCCCCCCC1(C#N)CCC(OC(=O)[C@H]2CC[C@H]([C@H]3CC[C@H](CCCCC)CC3)CC2)CC1. The van der Waals surface area contributed by atoms with Crippen molar-refractivity contribution in [3.05, 3.63) is 0 Å². The molecule has 0 aromatic heterocycles. The first kappa shape index (κ1) is 28.5. The van der Waals surface area contributed by atoms with Crippen LogP contribution < -0.4 is 0 Å². The summed E-state index contributed by atoms with van der Waals surface area (Å²) >= 11 is 0. The molecular weight excluding hydrogens is 430 g/mol. The topological polar surface area (TPSA) is 50.1 Å². The molecule has 3 heteroatoms. The zero-order chi connectivity index (χ0) is 24.9. The fourth-order valence-electron chi connectivity index (χ4n) is 7.46. The number of ether oxygens (including phenoxy) is 1. The molecule has 0 N–H and O–H groups in total. The molecule has 0 aromatic rings.